The molecule has 1 saturated carbocycles. The number of rotatable bonds is 4. The Morgan fingerprint density at radius 1 is 0.660 bits per heavy atom. The molecular formula is C36H22F3N3O5. The van der Waals surface area contributed by atoms with Crippen molar-refractivity contribution >= 4 is 40.0 Å². The van der Waals surface area contributed by atoms with Crippen molar-refractivity contribution < 1.29 is 32.3 Å². The number of ketones is 2. The van der Waals surface area contributed by atoms with Crippen LogP contribution < -0.4 is 10.5 Å². The van der Waals surface area contributed by atoms with Crippen molar-refractivity contribution in [2.24, 2.45) is 0 Å². The van der Waals surface area contributed by atoms with Gasteiger partial charge in [-0.3, -0.25) is 28.5 Å². The van der Waals surface area contributed by atoms with E-state index in [0.717, 1.165) is 42.2 Å². The van der Waals surface area contributed by atoms with Crippen LogP contribution in [0.25, 0.3) is 16.6 Å². The predicted molar refractivity (Wildman–Crippen MR) is 164 cm³/mol. The number of imide groups is 1. The van der Waals surface area contributed by atoms with Gasteiger partial charge in [-0.1, -0.05) is 43.2 Å². The summed E-state index contributed by atoms with van der Waals surface area (Å²) in [5.41, 5.74) is -0.730. The first-order valence-corrected chi connectivity index (χ1v) is 15.1. The van der Waals surface area contributed by atoms with Gasteiger partial charge in [-0.05, 0) is 66.8 Å². The Morgan fingerprint density at radius 2 is 1.28 bits per heavy atom. The third-order valence-electron chi connectivity index (χ3n) is 9.37. The van der Waals surface area contributed by atoms with Crippen LogP contribution in [0, 0.1) is 17.5 Å². The van der Waals surface area contributed by atoms with Gasteiger partial charge in [0.15, 0.2) is 29.0 Å². The molecule has 2 heterocycles. The number of hydrogen-bond donors (Lipinski definition) is 0. The Labute approximate surface area is 264 Å². The number of fused-ring (bicyclic) bond motifs is 3. The van der Waals surface area contributed by atoms with E-state index in [0.29, 0.717) is 16.3 Å². The first-order valence-electron chi connectivity index (χ1n) is 15.1. The van der Waals surface area contributed by atoms with Gasteiger partial charge in [-0.25, -0.2) is 23.1 Å². The van der Waals surface area contributed by atoms with Crippen molar-refractivity contribution in [1.29, 1.82) is 0 Å². The van der Waals surface area contributed by atoms with Crippen molar-refractivity contribution in [2.45, 2.75) is 37.5 Å². The molecule has 8 nitrogen and oxygen atoms in total. The first kappa shape index (κ1) is 28.7. The summed E-state index contributed by atoms with van der Waals surface area (Å²) in [5, 5.41) is -0.0241. The summed E-state index contributed by atoms with van der Waals surface area (Å²) in [7, 11) is 0. The Balaban J connectivity index is 1.26. The van der Waals surface area contributed by atoms with Gasteiger partial charge in [0.25, 0.3) is 17.4 Å². The minimum atomic E-state index is -1.85. The van der Waals surface area contributed by atoms with Gasteiger partial charge in [0.1, 0.15) is 11.7 Å². The van der Waals surface area contributed by atoms with Crippen LogP contribution in [0.15, 0.2) is 77.6 Å². The second kappa shape index (κ2) is 10.4. The molecule has 0 bridgehead atoms. The van der Waals surface area contributed by atoms with Gasteiger partial charge in [0.05, 0.1) is 33.4 Å². The smallest absolute Gasteiger partial charge is 0.266 e. The molecule has 3 aliphatic rings. The zero-order valence-electron chi connectivity index (χ0n) is 24.4. The number of carbonyl (C=O) groups excluding carboxylic acids is 4. The highest BCUT2D eigenvalue weighted by Gasteiger charge is 2.47. The molecule has 0 spiro atoms. The Hall–Kier alpha value is -5.71. The Morgan fingerprint density at radius 3 is 1.96 bits per heavy atom. The van der Waals surface area contributed by atoms with Crippen LogP contribution in [-0.2, 0) is 0 Å². The molecule has 1 aromatic heterocycles. The van der Waals surface area contributed by atoms with Crippen LogP contribution in [0.1, 0.15) is 90.3 Å². The van der Waals surface area contributed by atoms with Crippen LogP contribution >= 0.6 is 0 Å². The third kappa shape index (κ3) is 4.08. The van der Waals surface area contributed by atoms with E-state index < -0.39 is 63.8 Å². The summed E-state index contributed by atoms with van der Waals surface area (Å²) in [6, 6.07) is 16.9. The zero-order chi connectivity index (χ0) is 32.7. The average Bonchev–Trinajstić information content (AvgIpc) is 3.76. The lowest BCUT2D eigenvalue weighted by atomic mass is 9.95. The molecule has 11 heteroatoms. The number of amides is 2. The van der Waals surface area contributed by atoms with Crippen molar-refractivity contribution in [3.63, 3.8) is 0 Å². The van der Waals surface area contributed by atoms with Gasteiger partial charge < -0.3 is 0 Å². The average molecular weight is 634 g/mol. The number of benzene rings is 4. The van der Waals surface area contributed by atoms with E-state index in [1.807, 2.05) is 12.1 Å². The Kier molecular flexibility index (Phi) is 6.37. The van der Waals surface area contributed by atoms with Gasteiger partial charge in [0, 0.05) is 11.1 Å². The third-order valence-corrected chi connectivity index (χ3v) is 9.37. The highest BCUT2D eigenvalue weighted by atomic mass is 19.2. The molecule has 5 aromatic rings. The van der Waals surface area contributed by atoms with Crippen LogP contribution in [0.2, 0.25) is 0 Å². The second-order valence-corrected chi connectivity index (χ2v) is 11.9. The number of carbonyl (C=O) groups is 4. The molecule has 232 valence electrons. The number of Topliss-reactive ketones (excluding diaryl/α,β-unsaturated/α-hetero) is 2. The number of nitrogens with zero attached hydrogens (tertiary/aromatic N) is 3. The fourth-order valence-electron chi connectivity index (χ4n) is 7.12. The topological polar surface area (TPSA) is 106 Å². The molecule has 1 aliphatic heterocycles. The highest BCUT2D eigenvalue weighted by Crippen LogP contribution is 2.43. The highest BCUT2D eigenvalue weighted by molar-refractivity contribution is 6.37. The summed E-state index contributed by atoms with van der Waals surface area (Å²) in [5.74, 6) is -10.2. The molecule has 0 saturated heterocycles. The van der Waals surface area contributed by atoms with Crippen LogP contribution in [0.4, 0.5) is 18.9 Å². The number of anilines is 1. The molecule has 0 atom stereocenters. The zero-order valence-corrected chi connectivity index (χ0v) is 24.4. The van der Waals surface area contributed by atoms with Crippen LogP contribution in [0.5, 0.6) is 0 Å². The normalized spacial score (nSPS) is 16.5. The molecule has 4 aromatic carbocycles. The van der Waals surface area contributed by atoms with Crippen molar-refractivity contribution in [3.8, 4) is 5.69 Å². The maximum Gasteiger partial charge on any atom is 0.266 e. The minimum Gasteiger partial charge on any atom is -0.293 e. The monoisotopic (exact) mass is 633 g/mol. The predicted octanol–water partition coefficient (Wildman–Crippen LogP) is 6.42. The van der Waals surface area contributed by atoms with Gasteiger partial charge >= 0.3 is 0 Å². The van der Waals surface area contributed by atoms with Gasteiger partial charge in [0.2, 0.25) is 0 Å². The first-order chi connectivity index (χ1) is 22.7. The van der Waals surface area contributed by atoms with Gasteiger partial charge in [-0.15, -0.1) is 0 Å². The van der Waals surface area contributed by atoms with E-state index in [4.69, 9.17) is 0 Å². The quantitative estimate of drug-likeness (QED) is 0.128. The van der Waals surface area contributed by atoms with Crippen LogP contribution in [-0.4, -0.2) is 32.9 Å². The van der Waals surface area contributed by atoms with Crippen molar-refractivity contribution in [2.75, 3.05) is 4.90 Å². The second-order valence-electron chi connectivity index (χ2n) is 11.9. The van der Waals surface area contributed by atoms with Crippen molar-refractivity contribution in [1.82, 2.24) is 9.55 Å². The van der Waals surface area contributed by atoms with E-state index >= 15 is 4.39 Å². The molecule has 8 rings (SSSR count). The molecule has 0 N–H and O–H groups in total. The van der Waals surface area contributed by atoms with Crippen LogP contribution in [0.3, 0.4) is 0 Å². The van der Waals surface area contributed by atoms with E-state index in [1.54, 1.807) is 18.2 Å². The number of halogens is 3. The molecule has 47 heavy (non-hydrogen) atoms. The summed E-state index contributed by atoms with van der Waals surface area (Å²) >= 11 is 0. The standard InChI is InChI=1S/C36H22F3N3O5/c37-24-13-14-27(30(39)29(24)38)41-33(40-25-11-5-3-10-19(25)34(41)45)28-31(43)20-15-22-23(16-21(20)32(28)44)36(47)42(35(22)46)26-12-6-4-9-18(26)17-7-1-2-8-17/h3-6,9-17,28H,1-2,7-8H2. The maximum atomic E-state index is 15.1. The SMILES string of the molecule is O=C1c2cc3c(cc2C(=O)C1c1nc2ccccc2c(=O)n1-c1ccc(F)c(F)c1F)C(=O)N(c1ccccc1C1CCCC1)C3=O. The largest absolute Gasteiger partial charge is 0.293 e. The van der Waals surface area contributed by atoms with Crippen molar-refractivity contribution in [3.05, 3.63) is 134 Å². The number of para-hydroxylation sites is 2. The number of aromatic nitrogens is 2. The summed E-state index contributed by atoms with van der Waals surface area (Å²) in [6.07, 6.45) is 3.95. The summed E-state index contributed by atoms with van der Waals surface area (Å²) in [6.45, 7) is 0. The lowest BCUT2D eigenvalue weighted by Gasteiger charge is -2.21. The fourth-order valence-corrected chi connectivity index (χ4v) is 7.12. The molecule has 0 radical (unpaired) electrons. The summed E-state index contributed by atoms with van der Waals surface area (Å²) < 4.78 is 44.0. The van der Waals surface area contributed by atoms with E-state index in [-0.39, 0.29) is 39.1 Å². The maximum absolute atomic E-state index is 15.1. The fraction of sp³-hybridized carbons (Fsp3) is 0.167. The number of hydrogen-bond acceptors (Lipinski definition) is 6. The lowest BCUT2D eigenvalue weighted by Crippen LogP contribution is -2.31. The molecular weight excluding hydrogens is 611 g/mol. The van der Waals surface area contributed by atoms with Gasteiger partial charge in [-0.2, -0.15) is 0 Å². The molecule has 2 aliphatic carbocycles. The van der Waals surface area contributed by atoms with E-state index in [1.165, 1.54) is 30.3 Å². The Bertz CT molecular complexity index is 2270. The van der Waals surface area contributed by atoms with E-state index in [9.17, 15) is 32.8 Å². The summed E-state index contributed by atoms with van der Waals surface area (Å²) in [4.78, 5) is 74.7. The molecule has 0 unspecified atom stereocenters. The lowest BCUT2D eigenvalue weighted by molar-refractivity contribution is 0.0881. The minimum absolute atomic E-state index is 0.0241. The molecule has 2 amide bonds. The van der Waals surface area contributed by atoms with E-state index in [2.05, 4.69) is 4.98 Å². The molecule has 1 fully saturated rings.